The second kappa shape index (κ2) is 11.7. The number of likely N-dealkylation sites (tertiary alicyclic amines) is 1. The largest absolute Gasteiger partial charge is 0.358 e. The Kier molecular flexibility index (Phi) is 8.21. The summed E-state index contributed by atoms with van der Waals surface area (Å²) in [6, 6.07) is 13.4. The molecule has 0 saturated carbocycles. The van der Waals surface area contributed by atoms with E-state index in [-0.39, 0.29) is 19.3 Å². The molecule has 0 bridgehead atoms. The van der Waals surface area contributed by atoms with Gasteiger partial charge in [0.1, 0.15) is 0 Å². The van der Waals surface area contributed by atoms with Gasteiger partial charge in [0.2, 0.25) is 0 Å². The van der Waals surface area contributed by atoms with E-state index in [9.17, 15) is 14.7 Å². The first kappa shape index (κ1) is 29.5. The van der Waals surface area contributed by atoms with Crippen LogP contribution >= 0.6 is 0 Å². The molecule has 1 fully saturated rings. The molecule has 0 unspecified atom stereocenters. The van der Waals surface area contributed by atoms with Crippen molar-refractivity contribution in [1.82, 2.24) is 14.6 Å². The molecule has 2 aliphatic rings. The predicted octanol–water partition coefficient (Wildman–Crippen LogP) is 6.04. The van der Waals surface area contributed by atoms with Gasteiger partial charge >= 0.3 is 247 Å². The molecule has 42 heavy (non-hydrogen) atoms. The number of rotatable bonds is 6. The van der Waals surface area contributed by atoms with Crippen molar-refractivity contribution in [3.8, 4) is 11.3 Å². The predicted molar refractivity (Wildman–Crippen MR) is 161 cm³/mol. The molecule has 219 valence electrons. The maximum absolute atomic E-state index is 12.2. The van der Waals surface area contributed by atoms with Gasteiger partial charge in [-0.25, -0.2) is 0 Å². The van der Waals surface area contributed by atoms with Crippen molar-refractivity contribution in [2.45, 2.75) is 45.4 Å². The van der Waals surface area contributed by atoms with Crippen molar-refractivity contribution < 1.29 is 34.5 Å². The molecule has 8 heteroatoms. The van der Waals surface area contributed by atoms with Gasteiger partial charge in [-0.1, -0.05) is 0 Å². The smallest absolute Gasteiger partial charge is 0.358 e. The van der Waals surface area contributed by atoms with Crippen LogP contribution in [0.4, 0.5) is 0 Å². The third-order valence-electron chi connectivity index (χ3n) is 8.20. The molecule has 2 aromatic heterocycles. The zero-order valence-corrected chi connectivity index (χ0v) is 25.0. The van der Waals surface area contributed by atoms with Crippen LogP contribution in [-0.2, 0) is 31.3 Å². The van der Waals surface area contributed by atoms with Crippen LogP contribution in [0.2, 0.25) is 0 Å². The number of nitrogens with zero attached hydrogens (tertiary/aromatic N) is 3. The van der Waals surface area contributed by atoms with Crippen LogP contribution in [0, 0.1) is 27.3 Å². The summed E-state index contributed by atoms with van der Waals surface area (Å²) in [5.41, 5.74) is 8.38. The monoisotopic (exact) mass is 606 g/mol. The molecule has 6 rings (SSSR count). The molecule has 1 aliphatic carbocycles. The van der Waals surface area contributed by atoms with Crippen LogP contribution in [0.1, 0.15) is 58.8 Å². The van der Waals surface area contributed by atoms with Crippen molar-refractivity contribution >= 4 is 32.9 Å². The van der Waals surface area contributed by atoms with Gasteiger partial charge in [0, 0.05) is 0 Å². The van der Waals surface area contributed by atoms with Crippen molar-refractivity contribution in [1.29, 1.82) is 0 Å². The molecule has 0 spiro atoms. The van der Waals surface area contributed by atoms with Crippen LogP contribution in [0.3, 0.4) is 0 Å². The molecule has 1 amide bonds. The molecule has 4 aromatic rings. The van der Waals surface area contributed by atoms with Crippen molar-refractivity contribution in [2.75, 3.05) is 13.1 Å². The fourth-order valence-corrected chi connectivity index (χ4v) is 6.69. The minimum atomic E-state index is -0.940. The summed E-state index contributed by atoms with van der Waals surface area (Å²) in [5, 5.41) is 15.1. The van der Waals surface area contributed by atoms with E-state index in [1.165, 1.54) is 12.2 Å². The molecular formula is C34H33CoN3O4-2. The number of piperidine rings is 1. The number of amides is 1. The minimum absolute atomic E-state index is 0. The van der Waals surface area contributed by atoms with E-state index in [0.29, 0.717) is 29.8 Å². The Bertz CT molecular complexity index is 1770. The number of carboxylic acid groups (broad SMARTS) is 1. The molecule has 3 heterocycles. The summed E-state index contributed by atoms with van der Waals surface area (Å²) < 4.78 is 8.88. The fraction of sp³-hybridized carbons (Fsp3) is 0.265. The second-order valence-corrected chi connectivity index (χ2v) is 11.3. The normalized spacial score (nSPS) is 16.0. The SMILES string of the molecule is C=CC(=O)N1CCC(c2onc(-c3[c-]cc(C)cc3C)c2[C](=[Co])n2cc3c4c(cccc42)/C(=C/C(=O)O)CC3)CC1.[CH3-]. The number of aromatic nitrogens is 2. The van der Waals surface area contributed by atoms with Crippen molar-refractivity contribution in [3.05, 3.63) is 102 Å². The summed E-state index contributed by atoms with van der Waals surface area (Å²) in [6.07, 6.45) is 7.66. The van der Waals surface area contributed by atoms with E-state index in [4.69, 9.17) is 19.8 Å². The van der Waals surface area contributed by atoms with E-state index >= 15 is 0 Å². The van der Waals surface area contributed by atoms with Crippen LogP contribution in [0.25, 0.3) is 27.7 Å². The number of aryl methyl sites for hydroxylation is 3. The van der Waals surface area contributed by atoms with Gasteiger partial charge in [0.15, 0.2) is 0 Å². The Labute approximate surface area is 253 Å². The van der Waals surface area contributed by atoms with Crippen LogP contribution in [0.5, 0.6) is 0 Å². The van der Waals surface area contributed by atoms with E-state index < -0.39 is 5.97 Å². The molecule has 1 saturated heterocycles. The Morgan fingerprint density at radius 3 is 2.67 bits per heavy atom. The zero-order valence-electron chi connectivity index (χ0n) is 24.0. The van der Waals surface area contributed by atoms with Gasteiger partial charge < -0.3 is 7.43 Å². The molecular weight excluding hydrogens is 573 g/mol. The maximum atomic E-state index is 12.2. The number of hydrogen-bond acceptors (Lipinski definition) is 4. The van der Waals surface area contributed by atoms with Crippen molar-refractivity contribution in [2.24, 2.45) is 0 Å². The quantitative estimate of drug-likeness (QED) is 0.214. The van der Waals surface area contributed by atoms with E-state index in [1.807, 2.05) is 43.0 Å². The summed E-state index contributed by atoms with van der Waals surface area (Å²) in [4.78, 5) is 25.5. The topological polar surface area (TPSA) is 88.6 Å². The number of aliphatic carboxylic acids is 1. The first-order valence-corrected chi connectivity index (χ1v) is 14.3. The van der Waals surface area contributed by atoms with Gasteiger partial charge in [-0.3, -0.25) is 0 Å². The third kappa shape index (κ3) is 5.09. The van der Waals surface area contributed by atoms with E-state index in [2.05, 4.69) is 34.6 Å². The molecule has 1 aliphatic heterocycles. The van der Waals surface area contributed by atoms with Crippen LogP contribution < -0.4 is 0 Å². The minimum Gasteiger partial charge on any atom is -0.358 e. The molecule has 2 aromatic carbocycles. The van der Waals surface area contributed by atoms with Gasteiger partial charge in [0.25, 0.3) is 0 Å². The first-order valence-electron chi connectivity index (χ1n) is 13.7. The van der Waals surface area contributed by atoms with E-state index in [1.54, 1.807) is 0 Å². The summed E-state index contributed by atoms with van der Waals surface area (Å²) in [5.74, 6) is -0.185. The number of hydrogen-bond donors (Lipinski definition) is 1. The number of benzene rings is 2. The van der Waals surface area contributed by atoms with Gasteiger partial charge in [-0.2, -0.15) is 0 Å². The van der Waals surface area contributed by atoms with Crippen molar-refractivity contribution in [3.63, 3.8) is 0 Å². The van der Waals surface area contributed by atoms with Crippen LogP contribution in [0.15, 0.2) is 59.8 Å². The average Bonchev–Trinajstić information content (AvgIpc) is 3.57. The fourth-order valence-electron chi connectivity index (χ4n) is 6.25. The molecule has 1 N–H and O–H groups in total. The Hall–Kier alpha value is -4.01. The summed E-state index contributed by atoms with van der Waals surface area (Å²) in [7, 11) is 0. The number of allylic oxidation sites excluding steroid dienone is 1. The van der Waals surface area contributed by atoms with E-state index in [0.717, 1.165) is 74.9 Å². The Balaban J connectivity index is 0.00000353. The maximum Gasteiger partial charge on any atom is -0.358 e. The summed E-state index contributed by atoms with van der Waals surface area (Å²) >= 11 is 5.21. The average molecular weight is 607 g/mol. The third-order valence-corrected chi connectivity index (χ3v) is 8.71. The number of carbonyl (C=O) groups excluding carboxylic acids is 1. The first-order chi connectivity index (χ1) is 19.8. The molecule has 0 atom stereocenters. The Morgan fingerprint density at radius 2 is 1.98 bits per heavy atom. The summed E-state index contributed by atoms with van der Waals surface area (Å²) in [6.45, 7) is 8.93. The number of carboxylic acids is 1. The standard InChI is InChI=1S/C33H30N3O4.CH3.Co/c1-4-29(37)35-14-12-22(13-15-35)33-27(32(34-40-33)25-11-8-20(2)16-21(25)3)19-36-18-24-10-9-23(17-30(38)39)26-6-5-7-28(36)31(24)26;;/h4-8,16-18,22H,1,9-10,12-15H2,2-3H3,(H,38,39);1H3;/q2*-1;/b23-17+;;. The zero-order chi connectivity index (χ0) is 28.8. The van der Waals surface area contributed by atoms with Crippen LogP contribution in [-0.4, -0.2) is 49.3 Å². The number of carbonyl (C=O) groups is 2. The molecule has 0 radical (unpaired) electrons. The van der Waals surface area contributed by atoms with Gasteiger partial charge in [0.05, 0.1) is 0 Å². The second-order valence-electron chi connectivity index (χ2n) is 10.8. The van der Waals surface area contributed by atoms with Gasteiger partial charge in [-0.05, 0) is 0 Å². The Morgan fingerprint density at radius 1 is 1.21 bits per heavy atom. The molecule has 7 nitrogen and oxygen atoms in total. The van der Waals surface area contributed by atoms with Gasteiger partial charge in [-0.15, -0.1) is 0 Å².